The molecule has 0 spiro atoms. The normalized spacial score (nSPS) is 22.0. The first-order valence-electron chi connectivity index (χ1n) is 11.1. The van der Waals surface area contributed by atoms with Gasteiger partial charge in [0, 0.05) is 50.1 Å². The zero-order chi connectivity index (χ0) is 19.7. The van der Waals surface area contributed by atoms with Gasteiger partial charge in [0.1, 0.15) is 5.82 Å². The third-order valence-corrected chi connectivity index (χ3v) is 7.02. The highest BCUT2D eigenvalue weighted by molar-refractivity contribution is 5.76. The van der Waals surface area contributed by atoms with E-state index in [1.54, 1.807) is 0 Å². The summed E-state index contributed by atoms with van der Waals surface area (Å²) in [4.78, 5) is 37.5. The van der Waals surface area contributed by atoms with Crippen LogP contribution in [0.1, 0.15) is 81.8 Å². The standard InChI is InChI=1S/C22H34N4O2/c1-15(2)26-12-9-18-19(14-26)23-21(24-22(18)28)17-7-10-25(11-8-17)20(27)13-16-5-3-4-6-16/h15-17H,3-14H2,1-2H3,(H,23,24,28). The fraction of sp³-hybridized carbons (Fsp3) is 0.773. The molecule has 1 saturated heterocycles. The molecule has 0 bridgehead atoms. The molecule has 1 aromatic heterocycles. The number of aromatic amines is 1. The molecule has 0 aromatic carbocycles. The highest BCUT2D eigenvalue weighted by atomic mass is 16.2. The fourth-order valence-electron chi connectivity index (χ4n) is 5.11. The molecule has 1 amide bonds. The van der Waals surface area contributed by atoms with E-state index in [-0.39, 0.29) is 11.5 Å². The molecule has 4 rings (SSSR count). The first kappa shape index (κ1) is 19.6. The van der Waals surface area contributed by atoms with Crippen molar-refractivity contribution >= 4 is 5.91 Å². The van der Waals surface area contributed by atoms with Crippen LogP contribution < -0.4 is 5.56 Å². The SMILES string of the molecule is CC(C)N1CCc2c(nc(C3CCN(C(=O)CC4CCCC4)CC3)[nH]c2=O)C1. The molecule has 0 atom stereocenters. The number of likely N-dealkylation sites (tertiary alicyclic amines) is 1. The Morgan fingerprint density at radius 2 is 1.86 bits per heavy atom. The van der Waals surface area contributed by atoms with Gasteiger partial charge in [-0.1, -0.05) is 12.8 Å². The molecule has 0 unspecified atom stereocenters. The molecule has 6 heteroatoms. The molecule has 1 aliphatic carbocycles. The molecule has 2 aliphatic heterocycles. The van der Waals surface area contributed by atoms with Crippen LogP contribution in [-0.2, 0) is 17.8 Å². The predicted octanol–water partition coefficient (Wildman–Crippen LogP) is 2.82. The van der Waals surface area contributed by atoms with Crippen molar-refractivity contribution in [2.75, 3.05) is 19.6 Å². The van der Waals surface area contributed by atoms with Gasteiger partial charge in [-0.2, -0.15) is 0 Å². The van der Waals surface area contributed by atoms with Gasteiger partial charge in [-0.15, -0.1) is 0 Å². The molecule has 3 heterocycles. The van der Waals surface area contributed by atoms with E-state index in [2.05, 4.69) is 23.7 Å². The molecular formula is C22H34N4O2. The highest BCUT2D eigenvalue weighted by Gasteiger charge is 2.29. The van der Waals surface area contributed by atoms with Crippen LogP contribution in [0.4, 0.5) is 0 Å². The van der Waals surface area contributed by atoms with Crippen molar-refractivity contribution in [2.45, 2.75) is 83.7 Å². The molecule has 1 aromatic rings. The summed E-state index contributed by atoms with van der Waals surface area (Å²) in [6.07, 6.45) is 8.30. The van der Waals surface area contributed by atoms with Crippen LogP contribution in [0.3, 0.4) is 0 Å². The Morgan fingerprint density at radius 3 is 2.54 bits per heavy atom. The number of hydrogen-bond donors (Lipinski definition) is 1. The second kappa shape index (κ2) is 8.36. The molecule has 154 valence electrons. The lowest BCUT2D eigenvalue weighted by Crippen LogP contribution is -2.41. The number of piperidine rings is 1. The Labute approximate surface area is 167 Å². The topological polar surface area (TPSA) is 69.3 Å². The number of nitrogens with one attached hydrogen (secondary N) is 1. The average molecular weight is 387 g/mol. The van der Waals surface area contributed by atoms with E-state index in [4.69, 9.17) is 4.98 Å². The Kier molecular flexibility index (Phi) is 5.85. The summed E-state index contributed by atoms with van der Waals surface area (Å²) in [5.41, 5.74) is 1.87. The van der Waals surface area contributed by atoms with Gasteiger partial charge in [-0.05, 0) is 51.9 Å². The fourth-order valence-corrected chi connectivity index (χ4v) is 5.11. The molecule has 2 fully saturated rings. The van der Waals surface area contributed by atoms with Crippen LogP contribution in [0.5, 0.6) is 0 Å². The van der Waals surface area contributed by atoms with Crippen molar-refractivity contribution in [3.8, 4) is 0 Å². The minimum Gasteiger partial charge on any atom is -0.343 e. The third-order valence-electron chi connectivity index (χ3n) is 7.02. The minimum atomic E-state index is 0.0446. The second-order valence-electron chi connectivity index (χ2n) is 9.20. The van der Waals surface area contributed by atoms with E-state index in [9.17, 15) is 9.59 Å². The molecule has 3 aliphatic rings. The maximum atomic E-state index is 12.6. The van der Waals surface area contributed by atoms with Gasteiger partial charge in [-0.3, -0.25) is 14.5 Å². The Balaban J connectivity index is 1.39. The maximum absolute atomic E-state index is 12.6. The monoisotopic (exact) mass is 386 g/mol. The van der Waals surface area contributed by atoms with Gasteiger partial charge in [0.15, 0.2) is 0 Å². The van der Waals surface area contributed by atoms with Gasteiger partial charge in [0.05, 0.1) is 5.69 Å². The summed E-state index contributed by atoms with van der Waals surface area (Å²) in [6.45, 7) is 7.65. The quantitative estimate of drug-likeness (QED) is 0.864. The van der Waals surface area contributed by atoms with Crippen molar-refractivity contribution in [3.63, 3.8) is 0 Å². The minimum absolute atomic E-state index is 0.0446. The maximum Gasteiger partial charge on any atom is 0.254 e. The van der Waals surface area contributed by atoms with Gasteiger partial charge in [-0.25, -0.2) is 4.98 Å². The zero-order valence-electron chi connectivity index (χ0n) is 17.4. The van der Waals surface area contributed by atoms with E-state index in [0.29, 0.717) is 17.9 Å². The number of H-pyrrole nitrogens is 1. The number of aromatic nitrogens is 2. The molecule has 1 saturated carbocycles. The number of amides is 1. The van der Waals surface area contributed by atoms with E-state index in [1.807, 2.05) is 4.90 Å². The van der Waals surface area contributed by atoms with E-state index >= 15 is 0 Å². The number of rotatable bonds is 4. The number of nitrogens with zero attached hydrogens (tertiary/aromatic N) is 3. The van der Waals surface area contributed by atoms with Crippen molar-refractivity contribution < 1.29 is 4.79 Å². The Hall–Kier alpha value is -1.69. The summed E-state index contributed by atoms with van der Waals surface area (Å²) in [6, 6.07) is 0.465. The van der Waals surface area contributed by atoms with Gasteiger partial charge < -0.3 is 9.88 Å². The Morgan fingerprint density at radius 1 is 1.14 bits per heavy atom. The van der Waals surface area contributed by atoms with Crippen LogP contribution in [0.2, 0.25) is 0 Å². The van der Waals surface area contributed by atoms with Crippen molar-refractivity contribution in [1.29, 1.82) is 0 Å². The van der Waals surface area contributed by atoms with Crippen molar-refractivity contribution in [3.05, 3.63) is 27.4 Å². The van der Waals surface area contributed by atoms with Gasteiger partial charge >= 0.3 is 0 Å². The molecule has 6 nitrogen and oxygen atoms in total. The van der Waals surface area contributed by atoms with Crippen LogP contribution >= 0.6 is 0 Å². The zero-order valence-corrected chi connectivity index (χ0v) is 17.4. The molecular weight excluding hydrogens is 352 g/mol. The summed E-state index contributed by atoms with van der Waals surface area (Å²) in [7, 11) is 0. The van der Waals surface area contributed by atoms with Crippen LogP contribution in [-0.4, -0.2) is 51.4 Å². The molecule has 1 N–H and O–H groups in total. The first-order chi connectivity index (χ1) is 13.5. The molecule has 0 radical (unpaired) electrons. The second-order valence-corrected chi connectivity index (χ2v) is 9.20. The van der Waals surface area contributed by atoms with Crippen molar-refractivity contribution in [2.24, 2.45) is 5.92 Å². The van der Waals surface area contributed by atoms with E-state index < -0.39 is 0 Å². The number of hydrogen-bond acceptors (Lipinski definition) is 4. The lowest BCUT2D eigenvalue weighted by Gasteiger charge is -2.33. The largest absolute Gasteiger partial charge is 0.343 e. The van der Waals surface area contributed by atoms with Crippen LogP contribution in [0.25, 0.3) is 0 Å². The van der Waals surface area contributed by atoms with E-state index in [0.717, 1.165) is 68.9 Å². The molecule has 28 heavy (non-hydrogen) atoms. The van der Waals surface area contributed by atoms with Crippen LogP contribution in [0.15, 0.2) is 4.79 Å². The summed E-state index contributed by atoms with van der Waals surface area (Å²) < 4.78 is 0. The first-order valence-corrected chi connectivity index (χ1v) is 11.1. The number of fused-ring (bicyclic) bond motifs is 1. The Bertz CT molecular complexity index is 758. The number of carbonyl (C=O) groups excluding carboxylic acids is 1. The lowest BCUT2D eigenvalue weighted by molar-refractivity contribution is -0.133. The lowest BCUT2D eigenvalue weighted by atomic mass is 9.94. The van der Waals surface area contributed by atoms with E-state index in [1.165, 1.54) is 25.7 Å². The van der Waals surface area contributed by atoms with Crippen LogP contribution in [0, 0.1) is 5.92 Å². The third kappa shape index (κ3) is 4.17. The number of carbonyl (C=O) groups is 1. The average Bonchev–Trinajstić information content (AvgIpc) is 3.20. The summed E-state index contributed by atoms with van der Waals surface area (Å²) >= 11 is 0. The summed E-state index contributed by atoms with van der Waals surface area (Å²) in [5, 5.41) is 0. The van der Waals surface area contributed by atoms with Gasteiger partial charge in [0.25, 0.3) is 5.56 Å². The van der Waals surface area contributed by atoms with Crippen molar-refractivity contribution in [1.82, 2.24) is 19.8 Å². The highest BCUT2D eigenvalue weighted by Crippen LogP contribution is 2.30. The van der Waals surface area contributed by atoms with Gasteiger partial charge in [0.2, 0.25) is 5.91 Å². The predicted molar refractivity (Wildman–Crippen MR) is 109 cm³/mol. The smallest absolute Gasteiger partial charge is 0.254 e. The summed E-state index contributed by atoms with van der Waals surface area (Å²) in [5.74, 6) is 2.01.